The Morgan fingerprint density at radius 1 is 1.30 bits per heavy atom. The lowest BCUT2D eigenvalue weighted by atomic mass is 9.96. The molecule has 1 aromatic carbocycles. The molecule has 1 aliphatic heterocycles. The lowest BCUT2D eigenvalue weighted by molar-refractivity contribution is 0.0858. The Morgan fingerprint density at radius 2 is 2.05 bits per heavy atom. The van der Waals surface area contributed by atoms with Crippen LogP contribution in [0.15, 0.2) is 24.3 Å². The van der Waals surface area contributed by atoms with Crippen LogP contribution in [0.3, 0.4) is 0 Å². The van der Waals surface area contributed by atoms with Crippen molar-refractivity contribution in [3.8, 4) is 0 Å². The molecule has 2 nitrogen and oxygen atoms in total. The van der Waals surface area contributed by atoms with Gasteiger partial charge in [0.25, 0.3) is 0 Å². The second-order valence-electron chi connectivity index (χ2n) is 6.28. The van der Waals surface area contributed by atoms with Crippen LogP contribution in [0, 0.1) is 17.7 Å². The molecule has 3 atom stereocenters. The van der Waals surface area contributed by atoms with Crippen molar-refractivity contribution in [1.29, 1.82) is 0 Å². The molecular weight excluding hydrogens is 253 g/mol. The van der Waals surface area contributed by atoms with Gasteiger partial charge in [0.15, 0.2) is 0 Å². The van der Waals surface area contributed by atoms with Gasteiger partial charge in [0.1, 0.15) is 5.82 Å². The molecule has 1 saturated heterocycles. The molecule has 3 unspecified atom stereocenters. The average Bonchev–Trinajstić information content (AvgIpc) is 2.63. The fourth-order valence-electron chi connectivity index (χ4n) is 3.03. The third-order valence-corrected chi connectivity index (χ3v) is 4.42. The van der Waals surface area contributed by atoms with E-state index in [2.05, 4.69) is 11.8 Å². The Bertz CT molecular complexity index is 423. The number of hydrogen-bond acceptors (Lipinski definition) is 2. The molecule has 2 rings (SSSR count). The lowest BCUT2D eigenvalue weighted by Crippen LogP contribution is -2.32. The summed E-state index contributed by atoms with van der Waals surface area (Å²) in [5.41, 5.74) is 0.420. The van der Waals surface area contributed by atoms with Crippen LogP contribution >= 0.6 is 0 Å². The van der Waals surface area contributed by atoms with Gasteiger partial charge in [-0.3, -0.25) is 0 Å². The summed E-state index contributed by atoms with van der Waals surface area (Å²) in [6.45, 7) is 7.34. The van der Waals surface area contributed by atoms with E-state index in [1.54, 1.807) is 18.2 Å². The Kier molecular flexibility index (Phi) is 5.55. The normalized spacial score (nSPS) is 24.1. The van der Waals surface area contributed by atoms with Gasteiger partial charge < -0.3 is 10.0 Å². The van der Waals surface area contributed by atoms with Crippen molar-refractivity contribution in [3.05, 3.63) is 35.6 Å². The summed E-state index contributed by atoms with van der Waals surface area (Å²) in [4.78, 5) is 2.41. The largest absolute Gasteiger partial charge is 0.388 e. The number of rotatable bonds is 4. The summed E-state index contributed by atoms with van der Waals surface area (Å²) < 4.78 is 13.7. The first-order valence-electron chi connectivity index (χ1n) is 7.72. The van der Waals surface area contributed by atoms with Crippen LogP contribution in [-0.2, 0) is 0 Å². The number of benzene rings is 1. The van der Waals surface area contributed by atoms with Crippen LogP contribution in [0.2, 0.25) is 0 Å². The molecule has 0 radical (unpaired) electrons. The van der Waals surface area contributed by atoms with E-state index >= 15 is 0 Å². The number of aliphatic hydroxyl groups excluding tert-OH is 1. The molecule has 1 fully saturated rings. The van der Waals surface area contributed by atoms with Gasteiger partial charge in [0, 0.05) is 12.1 Å². The predicted octanol–water partition coefficient (Wildman–Crippen LogP) is 3.62. The van der Waals surface area contributed by atoms with Gasteiger partial charge >= 0.3 is 0 Å². The van der Waals surface area contributed by atoms with Crippen LogP contribution < -0.4 is 0 Å². The Balaban J connectivity index is 1.94. The molecule has 112 valence electrons. The summed E-state index contributed by atoms with van der Waals surface area (Å²) in [7, 11) is 0. The van der Waals surface area contributed by atoms with Gasteiger partial charge in [0.05, 0.1) is 6.10 Å². The highest BCUT2D eigenvalue weighted by atomic mass is 19.1. The van der Waals surface area contributed by atoms with Gasteiger partial charge in [-0.2, -0.15) is 0 Å². The highest BCUT2D eigenvalue weighted by Gasteiger charge is 2.23. The zero-order valence-corrected chi connectivity index (χ0v) is 12.6. The molecule has 0 saturated carbocycles. The Morgan fingerprint density at radius 3 is 2.80 bits per heavy atom. The molecule has 20 heavy (non-hydrogen) atoms. The third kappa shape index (κ3) is 4.03. The fraction of sp³-hybridized carbons (Fsp3) is 0.647. The van der Waals surface area contributed by atoms with Gasteiger partial charge in [0.2, 0.25) is 0 Å². The molecule has 0 spiro atoms. The Labute approximate surface area is 121 Å². The van der Waals surface area contributed by atoms with Crippen molar-refractivity contribution in [2.24, 2.45) is 11.8 Å². The fourth-order valence-corrected chi connectivity index (χ4v) is 3.03. The number of likely N-dealkylation sites (tertiary alicyclic amines) is 1. The molecule has 1 aromatic rings. The summed E-state index contributed by atoms with van der Waals surface area (Å²) in [5.74, 6) is 0.531. The molecule has 0 bridgehead atoms. The van der Waals surface area contributed by atoms with E-state index in [-0.39, 0.29) is 11.7 Å². The van der Waals surface area contributed by atoms with Gasteiger partial charge in [-0.25, -0.2) is 4.39 Å². The van der Waals surface area contributed by atoms with E-state index in [0.29, 0.717) is 5.56 Å². The first-order valence-corrected chi connectivity index (χ1v) is 7.72. The zero-order chi connectivity index (χ0) is 14.5. The summed E-state index contributed by atoms with van der Waals surface area (Å²) in [6.07, 6.45) is 3.02. The molecule has 1 aliphatic rings. The van der Waals surface area contributed by atoms with Crippen molar-refractivity contribution in [2.45, 2.75) is 39.2 Å². The highest BCUT2D eigenvalue weighted by molar-refractivity contribution is 5.20. The number of hydrogen-bond donors (Lipinski definition) is 1. The second kappa shape index (κ2) is 7.19. The van der Waals surface area contributed by atoms with Crippen LogP contribution in [-0.4, -0.2) is 29.6 Å². The maximum atomic E-state index is 13.7. The molecule has 1 heterocycles. The van der Waals surface area contributed by atoms with E-state index in [9.17, 15) is 9.50 Å². The molecule has 0 amide bonds. The van der Waals surface area contributed by atoms with Crippen molar-refractivity contribution < 1.29 is 9.50 Å². The molecule has 3 heteroatoms. The van der Waals surface area contributed by atoms with E-state index in [4.69, 9.17) is 0 Å². The van der Waals surface area contributed by atoms with Crippen LogP contribution in [0.1, 0.15) is 44.8 Å². The van der Waals surface area contributed by atoms with Gasteiger partial charge in [-0.1, -0.05) is 32.0 Å². The average molecular weight is 279 g/mol. The summed E-state index contributed by atoms with van der Waals surface area (Å²) >= 11 is 0. The highest BCUT2D eigenvalue weighted by Crippen LogP contribution is 2.26. The first-order chi connectivity index (χ1) is 9.58. The minimum Gasteiger partial charge on any atom is -0.388 e. The summed E-state index contributed by atoms with van der Waals surface area (Å²) in [5, 5.41) is 10.4. The maximum Gasteiger partial charge on any atom is 0.129 e. The maximum absolute atomic E-state index is 13.7. The van der Waals surface area contributed by atoms with E-state index in [1.165, 1.54) is 25.3 Å². The van der Waals surface area contributed by atoms with E-state index < -0.39 is 6.10 Å². The smallest absolute Gasteiger partial charge is 0.129 e. The van der Waals surface area contributed by atoms with E-state index in [1.807, 2.05) is 6.92 Å². The van der Waals surface area contributed by atoms with Crippen LogP contribution in [0.5, 0.6) is 0 Å². The number of halogens is 1. The standard InChI is InChI=1S/C17H26FNO/c1-13-6-5-10-19(11-9-13)12-14(2)17(20)15-7-3-4-8-16(15)18/h3-4,7-8,13-14,17,20H,5-6,9-12H2,1-2H3. The third-order valence-electron chi connectivity index (χ3n) is 4.42. The van der Waals surface area contributed by atoms with Crippen LogP contribution in [0.4, 0.5) is 4.39 Å². The second-order valence-corrected chi connectivity index (χ2v) is 6.28. The minimum atomic E-state index is -0.725. The first kappa shape index (κ1) is 15.5. The number of aliphatic hydroxyl groups is 1. The minimum absolute atomic E-state index is 0.0420. The molecule has 0 aliphatic carbocycles. The molecule has 1 N–H and O–H groups in total. The molecule has 0 aromatic heterocycles. The quantitative estimate of drug-likeness (QED) is 0.910. The molecular formula is C17H26FNO. The van der Waals surface area contributed by atoms with Crippen molar-refractivity contribution in [3.63, 3.8) is 0 Å². The van der Waals surface area contributed by atoms with Crippen LogP contribution in [0.25, 0.3) is 0 Å². The van der Waals surface area contributed by atoms with Crippen molar-refractivity contribution >= 4 is 0 Å². The zero-order valence-electron chi connectivity index (χ0n) is 12.6. The van der Waals surface area contributed by atoms with Gasteiger partial charge in [-0.15, -0.1) is 0 Å². The lowest BCUT2D eigenvalue weighted by Gasteiger charge is -2.27. The predicted molar refractivity (Wildman–Crippen MR) is 80.0 cm³/mol. The Hall–Kier alpha value is -0.930. The van der Waals surface area contributed by atoms with E-state index in [0.717, 1.165) is 25.6 Å². The summed E-state index contributed by atoms with van der Waals surface area (Å²) in [6, 6.07) is 6.54. The number of nitrogens with zero attached hydrogens (tertiary/aromatic N) is 1. The van der Waals surface area contributed by atoms with Crippen molar-refractivity contribution in [2.75, 3.05) is 19.6 Å². The topological polar surface area (TPSA) is 23.5 Å². The van der Waals surface area contributed by atoms with Crippen molar-refractivity contribution in [1.82, 2.24) is 4.90 Å². The SMILES string of the molecule is CC1CCCN(CC(C)C(O)c2ccccc2F)CC1. The van der Waals surface area contributed by atoms with Gasteiger partial charge in [-0.05, 0) is 50.3 Å². The monoisotopic (exact) mass is 279 g/mol.